The number of nitrogens with one attached hydrogen (secondary N) is 1. The van der Waals surface area contributed by atoms with Crippen LogP contribution in [-0.2, 0) is 22.4 Å². The molecule has 120 valence electrons. The van der Waals surface area contributed by atoms with E-state index in [0.717, 1.165) is 15.6 Å². The zero-order chi connectivity index (χ0) is 16.7. The summed E-state index contributed by atoms with van der Waals surface area (Å²) >= 11 is 3.36. The normalized spacial score (nSPS) is 11.7. The van der Waals surface area contributed by atoms with Crippen molar-refractivity contribution in [2.45, 2.75) is 25.3 Å². The van der Waals surface area contributed by atoms with E-state index in [-0.39, 0.29) is 5.91 Å². The molecular weight excluding hydrogens is 356 g/mol. The number of hydrogen-bond acceptors (Lipinski definition) is 2. The van der Waals surface area contributed by atoms with Gasteiger partial charge < -0.3 is 11.1 Å². The van der Waals surface area contributed by atoms with Gasteiger partial charge in [-0.15, -0.1) is 0 Å². The average molecular weight is 375 g/mol. The van der Waals surface area contributed by atoms with Crippen LogP contribution >= 0.6 is 15.9 Å². The third kappa shape index (κ3) is 5.87. The van der Waals surface area contributed by atoms with Crippen LogP contribution in [0.25, 0.3) is 0 Å². The summed E-state index contributed by atoms with van der Waals surface area (Å²) in [6.45, 7) is 0. The van der Waals surface area contributed by atoms with Gasteiger partial charge >= 0.3 is 0 Å². The van der Waals surface area contributed by atoms with Crippen LogP contribution in [0.4, 0.5) is 0 Å². The molecule has 0 aliphatic heterocycles. The predicted octanol–water partition coefficient (Wildman–Crippen LogP) is 2.59. The molecule has 0 radical (unpaired) electrons. The minimum Gasteiger partial charge on any atom is -0.368 e. The number of benzene rings is 2. The fourth-order valence-electron chi connectivity index (χ4n) is 2.25. The maximum Gasteiger partial charge on any atom is 0.240 e. The minimum absolute atomic E-state index is 0.172. The van der Waals surface area contributed by atoms with Gasteiger partial charge in [0.25, 0.3) is 0 Å². The SMILES string of the molecule is NC(=O)[C@H](Cc1ccc(Br)cc1)NC(=O)CCc1ccccc1. The Morgan fingerprint density at radius 1 is 1.00 bits per heavy atom. The first-order valence-electron chi connectivity index (χ1n) is 7.41. The van der Waals surface area contributed by atoms with E-state index >= 15 is 0 Å². The maximum absolute atomic E-state index is 12.0. The summed E-state index contributed by atoms with van der Waals surface area (Å²) in [4.78, 5) is 23.6. The molecule has 0 aliphatic carbocycles. The molecule has 0 aliphatic rings. The highest BCUT2D eigenvalue weighted by Crippen LogP contribution is 2.12. The van der Waals surface area contributed by atoms with E-state index in [4.69, 9.17) is 5.73 Å². The number of halogens is 1. The van der Waals surface area contributed by atoms with E-state index in [1.54, 1.807) is 0 Å². The van der Waals surface area contributed by atoms with E-state index in [0.29, 0.717) is 19.3 Å². The molecule has 2 amide bonds. The number of amides is 2. The molecule has 2 aromatic carbocycles. The first kappa shape index (κ1) is 17.2. The van der Waals surface area contributed by atoms with Gasteiger partial charge in [0.1, 0.15) is 6.04 Å². The third-order valence-corrected chi connectivity index (χ3v) is 4.04. The Labute approximate surface area is 144 Å². The molecule has 0 saturated heterocycles. The third-order valence-electron chi connectivity index (χ3n) is 3.52. The Hall–Kier alpha value is -2.14. The molecule has 0 bridgehead atoms. The van der Waals surface area contributed by atoms with Gasteiger partial charge in [-0.2, -0.15) is 0 Å². The predicted molar refractivity (Wildman–Crippen MR) is 93.7 cm³/mol. The van der Waals surface area contributed by atoms with E-state index in [2.05, 4.69) is 21.2 Å². The Balaban J connectivity index is 1.89. The van der Waals surface area contributed by atoms with Crippen molar-refractivity contribution in [1.29, 1.82) is 0 Å². The van der Waals surface area contributed by atoms with E-state index < -0.39 is 11.9 Å². The molecule has 2 rings (SSSR count). The largest absolute Gasteiger partial charge is 0.368 e. The van der Waals surface area contributed by atoms with Crippen molar-refractivity contribution in [1.82, 2.24) is 5.32 Å². The van der Waals surface area contributed by atoms with E-state index in [1.807, 2.05) is 54.6 Å². The Bertz CT molecular complexity index is 656. The molecule has 0 saturated carbocycles. The molecule has 5 heteroatoms. The highest BCUT2D eigenvalue weighted by Gasteiger charge is 2.18. The quantitative estimate of drug-likeness (QED) is 0.781. The van der Waals surface area contributed by atoms with Crippen LogP contribution in [0.1, 0.15) is 17.5 Å². The Morgan fingerprint density at radius 3 is 2.26 bits per heavy atom. The minimum atomic E-state index is -0.695. The van der Waals surface area contributed by atoms with Gasteiger partial charge in [-0.05, 0) is 29.7 Å². The molecule has 1 atom stereocenters. The van der Waals surface area contributed by atoms with Gasteiger partial charge in [0.15, 0.2) is 0 Å². The molecule has 0 aromatic heterocycles. The molecule has 0 unspecified atom stereocenters. The summed E-state index contributed by atoms with van der Waals surface area (Å²) in [7, 11) is 0. The van der Waals surface area contributed by atoms with Crippen molar-refractivity contribution in [3.05, 3.63) is 70.2 Å². The lowest BCUT2D eigenvalue weighted by Gasteiger charge is -2.15. The molecule has 0 heterocycles. The van der Waals surface area contributed by atoms with Gasteiger partial charge in [-0.25, -0.2) is 0 Å². The lowest BCUT2D eigenvalue weighted by atomic mass is 10.0. The molecule has 2 aromatic rings. The first-order chi connectivity index (χ1) is 11.0. The second-order valence-corrected chi connectivity index (χ2v) is 6.25. The van der Waals surface area contributed by atoms with Crippen molar-refractivity contribution in [2.24, 2.45) is 5.73 Å². The topological polar surface area (TPSA) is 72.2 Å². The lowest BCUT2D eigenvalue weighted by Crippen LogP contribution is -2.45. The Kier molecular flexibility index (Phi) is 6.35. The molecule has 0 fully saturated rings. The summed E-state index contributed by atoms with van der Waals surface area (Å²) in [6, 6.07) is 16.6. The van der Waals surface area contributed by atoms with Gasteiger partial charge in [0.2, 0.25) is 11.8 Å². The van der Waals surface area contributed by atoms with Crippen LogP contribution in [0.3, 0.4) is 0 Å². The summed E-state index contributed by atoms with van der Waals surface area (Å²) in [6.07, 6.45) is 1.35. The van der Waals surface area contributed by atoms with E-state index in [1.165, 1.54) is 0 Å². The fourth-order valence-corrected chi connectivity index (χ4v) is 2.51. The monoisotopic (exact) mass is 374 g/mol. The zero-order valence-corrected chi connectivity index (χ0v) is 14.3. The molecule has 23 heavy (non-hydrogen) atoms. The molecule has 0 spiro atoms. The number of aryl methyl sites for hydroxylation is 1. The molecule has 4 nitrogen and oxygen atoms in total. The first-order valence-corrected chi connectivity index (χ1v) is 8.21. The second kappa shape index (κ2) is 8.48. The van der Waals surface area contributed by atoms with Crippen molar-refractivity contribution in [3.63, 3.8) is 0 Å². The maximum atomic E-state index is 12.0. The lowest BCUT2D eigenvalue weighted by molar-refractivity contribution is -0.127. The zero-order valence-electron chi connectivity index (χ0n) is 12.7. The molecule has 3 N–H and O–H groups in total. The number of carbonyl (C=O) groups excluding carboxylic acids is 2. The van der Waals surface area contributed by atoms with Gasteiger partial charge in [-0.1, -0.05) is 58.4 Å². The number of carbonyl (C=O) groups is 2. The van der Waals surface area contributed by atoms with Gasteiger partial charge in [-0.3, -0.25) is 9.59 Å². The fraction of sp³-hybridized carbons (Fsp3) is 0.222. The smallest absolute Gasteiger partial charge is 0.240 e. The second-order valence-electron chi connectivity index (χ2n) is 5.34. The highest BCUT2D eigenvalue weighted by molar-refractivity contribution is 9.10. The summed E-state index contributed by atoms with van der Waals surface area (Å²) < 4.78 is 0.962. The number of rotatable bonds is 7. The van der Waals surface area contributed by atoms with Crippen molar-refractivity contribution < 1.29 is 9.59 Å². The Morgan fingerprint density at radius 2 is 1.65 bits per heavy atom. The number of nitrogens with two attached hydrogens (primary N) is 1. The summed E-state index contributed by atoms with van der Waals surface area (Å²) in [5.41, 5.74) is 7.44. The highest BCUT2D eigenvalue weighted by atomic mass is 79.9. The summed E-state index contributed by atoms with van der Waals surface area (Å²) in [5, 5.41) is 2.72. The van der Waals surface area contributed by atoms with Crippen LogP contribution < -0.4 is 11.1 Å². The standard InChI is InChI=1S/C18H19BrN2O2/c19-15-9-6-14(7-10-15)12-16(18(20)23)21-17(22)11-8-13-4-2-1-3-5-13/h1-7,9-10,16H,8,11-12H2,(H2,20,23)(H,21,22)/t16-/m0/s1. The van der Waals surface area contributed by atoms with Crippen LogP contribution in [0.15, 0.2) is 59.1 Å². The summed E-state index contributed by atoms with van der Waals surface area (Å²) in [5.74, 6) is -0.698. The van der Waals surface area contributed by atoms with Crippen LogP contribution in [0, 0.1) is 0 Å². The van der Waals surface area contributed by atoms with Gasteiger partial charge in [0.05, 0.1) is 0 Å². The van der Waals surface area contributed by atoms with Gasteiger partial charge in [0, 0.05) is 17.3 Å². The van der Waals surface area contributed by atoms with Crippen LogP contribution in [0.2, 0.25) is 0 Å². The van der Waals surface area contributed by atoms with Crippen molar-refractivity contribution >= 4 is 27.7 Å². The van der Waals surface area contributed by atoms with Crippen molar-refractivity contribution in [3.8, 4) is 0 Å². The van der Waals surface area contributed by atoms with Crippen molar-refractivity contribution in [2.75, 3.05) is 0 Å². The number of hydrogen-bond donors (Lipinski definition) is 2. The van der Waals surface area contributed by atoms with Crippen LogP contribution in [0.5, 0.6) is 0 Å². The number of primary amides is 1. The molecular formula is C18H19BrN2O2. The average Bonchev–Trinajstić information content (AvgIpc) is 2.55. The van der Waals surface area contributed by atoms with E-state index in [9.17, 15) is 9.59 Å². The van der Waals surface area contributed by atoms with Crippen LogP contribution in [-0.4, -0.2) is 17.9 Å².